The van der Waals surface area contributed by atoms with Crippen molar-refractivity contribution in [2.45, 2.75) is 37.8 Å². The minimum atomic E-state index is -2.83. The highest BCUT2D eigenvalue weighted by molar-refractivity contribution is 7.91. The van der Waals surface area contributed by atoms with Gasteiger partial charge in [0, 0.05) is 19.1 Å². The summed E-state index contributed by atoms with van der Waals surface area (Å²) in [5, 5.41) is 12.3. The molecule has 0 amide bonds. The summed E-state index contributed by atoms with van der Waals surface area (Å²) in [6, 6.07) is 2.74. The number of rotatable bonds is 5. The Hall–Kier alpha value is -0.640. The molecule has 2 aliphatic rings. The van der Waals surface area contributed by atoms with E-state index in [1.54, 1.807) is 0 Å². The third-order valence-electron chi connectivity index (χ3n) is 3.55. The van der Waals surface area contributed by atoms with Crippen LogP contribution in [-0.4, -0.2) is 56.5 Å². The molecule has 6 heteroatoms. The molecule has 1 atom stereocenters. The van der Waals surface area contributed by atoms with Crippen molar-refractivity contribution in [2.75, 3.05) is 31.1 Å². The fraction of sp³-hybridized carbons (Fsp3) is 0.917. The highest BCUT2D eigenvalue weighted by Gasteiger charge is 2.25. The molecular weight excluding hydrogens is 250 g/mol. The molecule has 1 heterocycles. The first-order valence-electron chi connectivity index (χ1n) is 6.67. The molecule has 0 aromatic rings. The van der Waals surface area contributed by atoms with Crippen molar-refractivity contribution in [1.82, 2.24) is 10.2 Å². The summed E-state index contributed by atoms with van der Waals surface area (Å²) in [5.74, 6) is 0.575. The minimum absolute atomic E-state index is 0.0858. The first-order chi connectivity index (χ1) is 8.59. The highest BCUT2D eigenvalue weighted by Crippen LogP contribution is 2.20. The van der Waals surface area contributed by atoms with Gasteiger partial charge in [0.25, 0.3) is 0 Å². The van der Waals surface area contributed by atoms with Crippen molar-refractivity contribution >= 4 is 9.84 Å². The maximum absolute atomic E-state index is 11.5. The van der Waals surface area contributed by atoms with Crippen LogP contribution in [0.2, 0.25) is 0 Å². The van der Waals surface area contributed by atoms with E-state index in [-0.39, 0.29) is 11.8 Å². The zero-order chi connectivity index (χ0) is 13.0. The molecule has 0 aromatic heterocycles. The van der Waals surface area contributed by atoms with Crippen LogP contribution in [0.5, 0.6) is 0 Å². The lowest BCUT2D eigenvalue weighted by Crippen LogP contribution is -2.35. The molecule has 0 aromatic carbocycles. The lowest BCUT2D eigenvalue weighted by atomic mass is 10.2. The van der Waals surface area contributed by atoms with E-state index in [1.807, 2.05) is 0 Å². The van der Waals surface area contributed by atoms with E-state index in [4.69, 9.17) is 5.26 Å². The predicted octanol–water partition coefficient (Wildman–Crippen LogP) is 0.141. The van der Waals surface area contributed by atoms with Crippen LogP contribution in [0.4, 0.5) is 0 Å². The molecule has 1 unspecified atom stereocenters. The van der Waals surface area contributed by atoms with Crippen LogP contribution in [0.3, 0.4) is 0 Å². The average molecular weight is 271 g/mol. The molecule has 1 N–H and O–H groups in total. The fourth-order valence-corrected chi connectivity index (χ4v) is 3.55. The molecule has 1 saturated heterocycles. The second-order valence-corrected chi connectivity index (χ2v) is 7.56. The van der Waals surface area contributed by atoms with E-state index in [0.717, 1.165) is 25.9 Å². The van der Waals surface area contributed by atoms with Crippen molar-refractivity contribution in [3.63, 3.8) is 0 Å². The molecule has 1 saturated carbocycles. The molecule has 0 radical (unpaired) electrons. The SMILES string of the molecule is N#CC(CCN1CCCS(=O)(=O)CC1)NC1CC1. The Balaban J connectivity index is 1.73. The van der Waals surface area contributed by atoms with E-state index in [1.165, 1.54) is 12.8 Å². The maximum atomic E-state index is 11.5. The average Bonchev–Trinajstić information content (AvgIpc) is 3.13. The van der Waals surface area contributed by atoms with Crippen LogP contribution >= 0.6 is 0 Å². The third-order valence-corrected chi connectivity index (χ3v) is 5.27. The van der Waals surface area contributed by atoms with Gasteiger partial charge in [0.2, 0.25) is 0 Å². The van der Waals surface area contributed by atoms with Crippen LogP contribution in [-0.2, 0) is 9.84 Å². The van der Waals surface area contributed by atoms with Crippen LogP contribution in [0.15, 0.2) is 0 Å². The third kappa shape index (κ3) is 4.56. The number of hydrogen-bond donors (Lipinski definition) is 1. The Morgan fingerprint density at radius 3 is 2.78 bits per heavy atom. The second-order valence-electron chi connectivity index (χ2n) is 5.26. The molecular formula is C12H21N3O2S. The number of nitrogens with one attached hydrogen (secondary N) is 1. The summed E-state index contributed by atoms with van der Waals surface area (Å²) in [7, 11) is -2.83. The normalized spacial score (nSPS) is 26.2. The first-order valence-corrected chi connectivity index (χ1v) is 8.50. The van der Waals surface area contributed by atoms with Gasteiger partial charge in [-0.15, -0.1) is 0 Å². The molecule has 18 heavy (non-hydrogen) atoms. The molecule has 102 valence electrons. The Kier molecular flexibility index (Phi) is 4.60. The zero-order valence-corrected chi connectivity index (χ0v) is 11.5. The zero-order valence-electron chi connectivity index (χ0n) is 10.6. The number of nitrogens with zero attached hydrogens (tertiary/aromatic N) is 2. The topological polar surface area (TPSA) is 73.2 Å². The van der Waals surface area contributed by atoms with Gasteiger partial charge in [-0.1, -0.05) is 0 Å². The van der Waals surface area contributed by atoms with Crippen LogP contribution in [0.25, 0.3) is 0 Å². The van der Waals surface area contributed by atoms with Gasteiger partial charge in [-0.3, -0.25) is 5.32 Å². The molecule has 0 spiro atoms. The summed E-state index contributed by atoms with van der Waals surface area (Å²) in [6.07, 6.45) is 3.86. The van der Waals surface area contributed by atoms with E-state index in [0.29, 0.717) is 18.3 Å². The highest BCUT2D eigenvalue weighted by atomic mass is 32.2. The van der Waals surface area contributed by atoms with Gasteiger partial charge in [-0.05, 0) is 32.2 Å². The molecule has 1 aliphatic heterocycles. The molecule has 0 bridgehead atoms. The number of nitriles is 1. The quantitative estimate of drug-likeness (QED) is 0.770. The Bertz CT molecular complexity index is 412. The van der Waals surface area contributed by atoms with Gasteiger partial charge < -0.3 is 4.90 Å². The van der Waals surface area contributed by atoms with Gasteiger partial charge in [0.05, 0.1) is 23.6 Å². The van der Waals surface area contributed by atoms with Crippen molar-refractivity contribution in [1.29, 1.82) is 5.26 Å². The Morgan fingerprint density at radius 1 is 1.33 bits per heavy atom. The summed E-state index contributed by atoms with van der Waals surface area (Å²) < 4.78 is 22.9. The van der Waals surface area contributed by atoms with Crippen LogP contribution in [0, 0.1) is 11.3 Å². The fourth-order valence-electron chi connectivity index (χ4n) is 2.25. The van der Waals surface area contributed by atoms with E-state index >= 15 is 0 Å². The lowest BCUT2D eigenvalue weighted by Gasteiger charge is -2.20. The molecule has 5 nitrogen and oxygen atoms in total. The van der Waals surface area contributed by atoms with Crippen LogP contribution in [0.1, 0.15) is 25.7 Å². The van der Waals surface area contributed by atoms with Gasteiger partial charge in [-0.2, -0.15) is 5.26 Å². The van der Waals surface area contributed by atoms with Crippen molar-refractivity contribution in [3.05, 3.63) is 0 Å². The monoisotopic (exact) mass is 271 g/mol. The summed E-state index contributed by atoms with van der Waals surface area (Å²) in [5.41, 5.74) is 0. The van der Waals surface area contributed by atoms with E-state index in [2.05, 4.69) is 16.3 Å². The van der Waals surface area contributed by atoms with E-state index < -0.39 is 9.84 Å². The molecule has 2 rings (SSSR count). The predicted molar refractivity (Wildman–Crippen MR) is 69.9 cm³/mol. The standard InChI is InChI=1S/C12H21N3O2S/c13-10-12(14-11-2-3-11)4-6-15-5-1-8-18(16,17)9-7-15/h11-12,14H,1-9H2. The smallest absolute Gasteiger partial charge is 0.151 e. The number of sulfone groups is 1. The lowest BCUT2D eigenvalue weighted by molar-refractivity contribution is 0.282. The van der Waals surface area contributed by atoms with Crippen molar-refractivity contribution < 1.29 is 8.42 Å². The molecule has 1 aliphatic carbocycles. The van der Waals surface area contributed by atoms with Gasteiger partial charge in [0.15, 0.2) is 9.84 Å². The largest absolute Gasteiger partial charge is 0.302 e. The van der Waals surface area contributed by atoms with Crippen molar-refractivity contribution in [2.24, 2.45) is 0 Å². The summed E-state index contributed by atoms with van der Waals surface area (Å²) >= 11 is 0. The minimum Gasteiger partial charge on any atom is -0.302 e. The second kappa shape index (κ2) is 6.00. The maximum Gasteiger partial charge on any atom is 0.151 e. The summed E-state index contributed by atoms with van der Waals surface area (Å²) in [4.78, 5) is 2.17. The summed E-state index contributed by atoms with van der Waals surface area (Å²) in [6.45, 7) is 2.26. The Morgan fingerprint density at radius 2 is 2.11 bits per heavy atom. The Labute approximate surface area is 109 Å². The first kappa shape index (κ1) is 13.8. The van der Waals surface area contributed by atoms with Crippen molar-refractivity contribution in [3.8, 4) is 6.07 Å². The van der Waals surface area contributed by atoms with Gasteiger partial charge in [-0.25, -0.2) is 8.42 Å². The van der Waals surface area contributed by atoms with Crippen LogP contribution < -0.4 is 5.32 Å². The van der Waals surface area contributed by atoms with Gasteiger partial charge >= 0.3 is 0 Å². The van der Waals surface area contributed by atoms with E-state index in [9.17, 15) is 8.42 Å². The van der Waals surface area contributed by atoms with Gasteiger partial charge in [0.1, 0.15) is 0 Å². The number of hydrogen-bond acceptors (Lipinski definition) is 5. The molecule has 2 fully saturated rings.